The van der Waals surface area contributed by atoms with E-state index in [1.807, 2.05) is 71.6 Å². The number of thiazole rings is 1. The van der Waals surface area contributed by atoms with Gasteiger partial charge in [0.1, 0.15) is 5.01 Å². The number of carbonyl (C=O) groups excluding carboxylic acids is 1. The van der Waals surface area contributed by atoms with Crippen molar-refractivity contribution in [2.45, 2.75) is 6.04 Å². The van der Waals surface area contributed by atoms with E-state index in [2.05, 4.69) is 6.07 Å². The summed E-state index contributed by atoms with van der Waals surface area (Å²) in [5.74, 6) is 0.736. The average molecular weight is 423 g/mol. The number of benzene rings is 3. The van der Waals surface area contributed by atoms with Crippen molar-refractivity contribution in [3.05, 3.63) is 83.4 Å². The van der Waals surface area contributed by atoms with Crippen LogP contribution in [0.25, 0.3) is 20.8 Å². The number of anilines is 1. The average Bonchev–Trinajstić information content (AvgIpc) is 3.32. The number of hydrogen-bond donors (Lipinski definition) is 0. The molecule has 4 aromatic rings. The smallest absolute Gasteiger partial charge is 0.286 e. The number of amides is 1. The van der Waals surface area contributed by atoms with Gasteiger partial charge in [-0.2, -0.15) is 0 Å². The Labute approximate surface area is 176 Å². The van der Waals surface area contributed by atoms with Crippen LogP contribution in [0, 0.1) is 0 Å². The molecule has 6 heteroatoms. The van der Waals surface area contributed by atoms with Crippen molar-refractivity contribution in [3.8, 4) is 10.6 Å². The Morgan fingerprint density at radius 2 is 1.71 bits per heavy atom. The second-order valence-electron chi connectivity index (χ2n) is 6.55. The van der Waals surface area contributed by atoms with Gasteiger partial charge in [0.25, 0.3) is 5.24 Å². The first-order valence-corrected chi connectivity index (χ1v) is 11.0. The number of aromatic nitrogens is 1. The van der Waals surface area contributed by atoms with E-state index in [0.29, 0.717) is 5.02 Å². The Bertz CT molecular complexity index is 1120. The first kappa shape index (κ1) is 17.7. The van der Waals surface area contributed by atoms with Crippen LogP contribution in [-0.4, -0.2) is 16.0 Å². The minimum Gasteiger partial charge on any atom is -0.295 e. The third-order valence-corrected chi connectivity index (χ3v) is 7.08. The first-order valence-electron chi connectivity index (χ1n) is 8.86. The van der Waals surface area contributed by atoms with Crippen LogP contribution in [-0.2, 0) is 0 Å². The highest BCUT2D eigenvalue weighted by molar-refractivity contribution is 8.14. The minimum absolute atomic E-state index is 0.0167. The Morgan fingerprint density at radius 3 is 2.46 bits per heavy atom. The summed E-state index contributed by atoms with van der Waals surface area (Å²) in [6.07, 6.45) is 0. The van der Waals surface area contributed by atoms with E-state index < -0.39 is 0 Å². The van der Waals surface area contributed by atoms with Gasteiger partial charge in [-0.05, 0) is 54.1 Å². The molecule has 0 spiro atoms. The summed E-state index contributed by atoms with van der Waals surface area (Å²) in [6, 6.07) is 24.0. The molecule has 5 rings (SSSR count). The van der Waals surface area contributed by atoms with Gasteiger partial charge in [-0.15, -0.1) is 11.3 Å². The van der Waals surface area contributed by atoms with Crippen LogP contribution in [0.1, 0.15) is 11.6 Å². The Kier molecular flexibility index (Phi) is 4.59. The van der Waals surface area contributed by atoms with Crippen molar-refractivity contribution in [1.29, 1.82) is 0 Å². The monoisotopic (exact) mass is 422 g/mol. The molecular formula is C22H15ClN2OS2. The second kappa shape index (κ2) is 7.24. The summed E-state index contributed by atoms with van der Waals surface area (Å²) in [6.45, 7) is 0. The molecule has 1 unspecified atom stereocenters. The second-order valence-corrected chi connectivity index (χ2v) is 8.99. The number of hydrogen-bond acceptors (Lipinski definition) is 4. The predicted molar refractivity (Wildman–Crippen MR) is 120 cm³/mol. The van der Waals surface area contributed by atoms with Crippen LogP contribution >= 0.6 is 34.7 Å². The van der Waals surface area contributed by atoms with Crippen LogP contribution in [0.5, 0.6) is 0 Å². The van der Waals surface area contributed by atoms with Gasteiger partial charge in [0, 0.05) is 22.0 Å². The molecule has 0 N–H and O–H groups in total. The lowest BCUT2D eigenvalue weighted by Gasteiger charge is -2.24. The maximum atomic E-state index is 12.6. The summed E-state index contributed by atoms with van der Waals surface area (Å²) >= 11 is 9.05. The summed E-state index contributed by atoms with van der Waals surface area (Å²) in [4.78, 5) is 19.1. The van der Waals surface area contributed by atoms with Gasteiger partial charge in [-0.25, -0.2) is 4.98 Å². The zero-order valence-electron chi connectivity index (χ0n) is 14.7. The molecule has 28 heavy (non-hydrogen) atoms. The van der Waals surface area contributed by atoms with E-state index in [0.717, 1.165) is 33.1 Å². The van der Waals surface area contributed by atoms with Crippen molar-refractivity contribution in [2.75, 3.05) is 10.7 Å². The molecule has 1 fully saturated rings. The minimum atomic E-state index is 0.0167. The largest absolute Gasteiger partial charge is 0.295 e. The molecule has 3 nitrogen and oxygen atoms in total. The molecule has 1 amide bonds. The Morgan fingerprint density at radius 1 is 0.964 bits per heavy atom. The van der Waals surface area contributed by atoms with Gasteiger partial charge >= 0.3 is 0 Å². The Balaban J connectivity index is 1.46. The van der Waals surface area contributed by atoms with Crippen molar-refractivity contribution >= 4 is 55.8 Å². The molecule has 1 aliphatic heterocycles. The van der Waals surface area contributed by atoms with Gasteiger partial charge in [0.2, 0.25) is 0 Å². The van der Waals surface area contributed by atoms with E-state index in [1.54, 1.807) is 11.3 Å². The lowest BCUT2D eigenvalue weighted by molar-refractivity contribution is 0.265. The van der Waals surface area contributed by atoms with Gasteiger partial charge < -0.3 is 0 Å². The number of rotatable bonds is 3. The zero-order chi connectivity index (χ0) is 19.1. The summed E-state index contributed by atoms with van der Waals surface area (Å²) in [5.41, 5.74) is 4.07. The lowest BCUT2D eigenvalue weighted by atomic mass is 10.1. The lowest BCUT2D eigenvalue weighted by Crippen LogP contribution is -2.26. The highest BCUT2D eigenvalue weighted by atomic mass is 35.5. The van der Waals surface area contributed by atoms with Crippen molar-refractivity contribution < 1.29 is 4.79 Å². The predicted octanol–water partition coefficient (Wildman–Crippen LogP) is 7.03. The third kappa shape index (κ3) is 3.20. The molecule has 0 radical (unpaired) electrons. The molecule has 1 aliphatic rings. The number of para-hydroxylation sites is 1. The fourth-order valence-corrected chi connectivity index (χ4v) is 5.51. The van der Waals surface area contributed by atoms with Crippen LogP contribution in [0.4, 0.5) is 10.5 Å². The topological polar surface area (TPSA) is 33.2 Å². The molecular weight excluding hydrogens is 408 g/mol. The number of thioether (sulfide) groups is 1. The van der Waals surface area contributed by atoms with Crippen molar-refractivity contribution in [2.24, 2.45) is 0 Å². The molecule has 3 aromatic carbocycles. The maximum Gasteiger partial charge on any atom is 0.286 e. The van der Waals surface area contributed by atoms with Crippen molar-refractivity contribution in [3.63, 3.8) is 0 Å². The number of halogens is 1. The fraction of sp³-hybridized carbons (Fsp3) is 0.0909. The van der Waals surface area contributed by atoms with E-state index in [4.69, 9.17) is 16.6 Å². The molecule has 1 aromatic heterocycles. The third-order valence-electron chi connectivity index (χ3n) is 4.81. The van der Waals surface area contributed by atoms with Gasteiger partial charge in [0.05, 0.1) is 16.3 Å². The summed E-state index contributed by atoms with van der Waals surface area (Å²) < 4.78 is 1.18. The quantitative estimate of drug-likeness (QED) is 0.355. The number of nitrogens with zero attached hydrogens (tertiary/aromatic N) is 2. The molecule has 0 saturated carbocycles. The fourth-order valence-electron chi connectivity index (χ4n) is 3.40. The molecule has 2 heterocycles. The van der Waals surface area contributed by atoms with E-state index >= 15 is 0 Å². The number of carbonyl (C=O) groups is 1. The molecule has 1 saturated heterocycles. The van der Waals surface area contributed by atoms with Crippen LogP contribution < -0.4 is 4.90 Å². The standard InChI is InChI=1S/C22H15ClN2OS2/c23-16-9-5-14(6-10-16)19-13-27-22(26)25(19)17-11-7-15(8-12-17)21-24-18-3-1-2-4-20(18)28-21/h1-12,19H,13H2. The van der Waals surface area contributed by atoms with E-state index in [-0.39, 0.29) is 11.3 Å². The SMILES string of the molecule is O=C1SCC(c2ccc(Cl)cc2)N1c1ccc(-c2nc3ccccc3s2)cc1. The van der Waals surface area contributed by atoms with Crippen LogP contribution in [0.2, 0.25) is 5.02 Å². The highest BCUT2D eigenvalue weighted by Crippen LogP contribution is 2.40. The van der Waals surface area contributed by atoms with E-state index in [9.17, 15) is 4.79 Å². The molecule has 138 valence electrons. The highest BCUT2D eigenvalue weighted by Gasteiger charge is 2.34. The molecule has 0 aliphatic carbocycles. The Hall–Kier alpha value is -2.34. The van der Waals surface area contributed by atoms with Crippen molar-refractivity contribution in [1.82, 2.24) is 4.98 Å². The molecule has 0 bridgehead atoms. The summed E-state index contributed by atoms with van der Waals surface area (Å²) in [5, 5.41) is 1.77. The van der Waals surface area contributed by atoms with Crippen LogP contribution in [0.3, 0.4) is 0 Å². The number of fused-ring (bicyclic) bond motifs is 1. The van der Waals surface area contributed by atoms with Crippen LogP contribution in [0.15, 0.2) is 72.8 Å². The van der Waals surface area contributed by atoms with Gasteiger partial charge in [-0.1, -0.05) is 47.6 Å². The maximum absolute atomic E-state index is 12.6. The first-order chi connectivity index (χ1) is 13.7. The van der Waals surface area contributed by atoms with E-state index in [1.165, 1.54) is 16.5 Å². The van der Waals surface area contributed by atoms with Gasteiger partial charge in [0.15, 0.2) is 0 Å². The van der Waals surface area contributed by atoms with Gasteiger partial charge in [-0.3, -0.25) is 9.69 Å². The zero-order valence-corrected chi connectivity index (χ0v) is 17.1. The molecule has 1 atom stereocenters. The normalized spacial score (nSPS) is 16.8. The summed E-state index contributed by atoms with van der Waals surface area (Å²) in [7, 11) is 0.